The van der Waals surface area contributed by atoms with Crippen molar-refractivity contribution in [1.82, 2.24) is 10.6 Å². The smallest absolute Gasteiger partial charge is 0.170 e. The fourth-order valence-electron chi connectivity index (χ4n) is 2.44. The fraction of sp³-hybridized carbons (Fsp3) is 0.300. The van der Waals surface area contributed by atoms with Crippen molar-refractivity contribution in [2.45, 2.75) is 19.8 Å². The molecule has 0 aromatic heterocycles. The van der Waals surface area contributed by atoms with Gasteiger partial charge < -0.3 is 21.3 Å². The monoisotopic (exact) mass is 422 g/mol. The van der Waals surface area contributed by atoms with Crippen molar-refractivity contribution in [3.63, 3.8) is 0 Å². The molecule has 0 amide bonds. The number of hydrogen-bond donors (Lipinski definition) is 4. The molecule has 0 fully saturated rings. The van der Waals surface area contributed by atoms with Gasteiger partial charge in [0.05, 0.1) is 0 Å². The average Bonchev–Trinajstić information content (AvgIpc) is 2.67. The van der Waals surface area contributed by atoms with Gasteiger partial charge in [-0.3, -0.25) is 0 Å². The largest absolute Gasteiger partial charge is 0.362 e. The Morgan fingerprint density at radius 1 is 0.821 bits per heavy atom. The Bertz CT molecular complexity index is 767. The van der Waals surface area contributed by atoms with Gasteiger partial charge in [0.15, 0.2) is 10.2 Å². The number of rotatable bonds is 8. The third-order valence-corrected chi connectivity index (χ3v) is 4.47. The predicted molar refractivity (Wildman–Crippen MR) is 120 cm³/mol. The molecule has 2 rings (SSSR count). The minimum atomic E-state index is -0.279. The Hall–Kier alpha value is -2.32. The summed E-state index contributed by atoms with van der Waals surface area (Å²) in [5.41, 5.74) is 1.50. The number of thiocarbonyl (C=S) groups is 2. The SMILES string of the molecule is CC(CCCNC(=S)Nc1ccc(F)cc1)CNC(=S)Nc1ccc(F)cc1. The predicted octanol–water partition coefficient (Wildman–Crippen LogP) is 4.65. The van der Waals surface area contributed by atoms with E-state index in [0.29, 0.717) is 16.1 Å². The fourth-order valence-corrected chi connectivity index (χ4v) is 2.86. The molecule has 0 saturated carbocycles. The molecule has 8 heteroatoms. The number of halogens is 2. The van der Waals surface area contributed by atoms with Gasteiger partial charge in [-0.25, -0.2) is 8.78 Å². The summed E-state index contributed by atoms with van der Waals surface area (Å²) >= 11 is 10.5. The number of anilines is 2. The maximum Gasteiger partial charge on any atom is 0.170 e. The maximum atomic E-state index is 12.9. The zero-order chi connectivity index (χ0) is 20.4. The molecule has 0 aliphatic carbocycles. The molecule has 0 aliphatic rings. The number of benzene rings is 2. The molecular weight excluding hydrogens is 398 g/mol. The van der Waals surface area contributed by atoms with Crippen molar-refractivity contribution in [3.05, 3.63) is 60.2 Å². The Morgan fingerprint density at radius 2 is 1.29 bits per heavy atom. The van der Waals surface area contributed by atoms with Crippen LogP contribution >= 0.6 is 24.4 Å². The second-order valence-electron chi connectivity index (χ2n) is 6.48. The average molecular weight is 423 g/mol. The Morgan fingerprint density at radius 3 is 1.79 bits per heavy atom. The van der Waals surface area contributed by atoms with Crippen LogP contribution in [-0.2, 0) is 0 Å². The van der Waals surface area contributed by atoms with E-state index in [1.807, 2.05) is 0 Å². The van der Waals surface area contributed by atoms with Crippen molar-refractivity contribution < 1.29 is 8.78 Å². The lowest BCUT2D eigenvalue weighted by Gasteiger charge is -2.16. The van der Waals surface area contributed by atoms with E-state index in [4.69, 9.17) is 24.4 Å². The van der Waals surface area contributed by atoms with Gasteiger partial charge in [0.1, 0.15) is 11.6 Å². The van der Waals surface area contributed by atoms with Crippen LogP contribution in [0.5, 0.6) is 0 Å². The van der Waals surface area contributed by atoms with E-state index in [1.54, 1.807) is 24.3 Å². The highest BCUT2D eigenvalue weighted by Gasteiger charge is 2.05. The van der Waals surface area contributed by atoms with E-state index in [-0.39, 0.29) is 11.6 Å². The molecule has 0 saturated heterocycles. The second-order valence-corrected chi connectivity index (χ2v) is 7.29. The maximum absolute atomic E-state index is 12.9. The molecule has 0 heterocycles. The van der Waals surface area contributed by atoms with Crippen LogP contribution in [0, 0.1) is 17.6 Å². The summed E-state index contributed by atoms with van der Waals surface area (Å²) < 4.78 is 25.8. The number of nitrogens with one attached hydrogen (secondary N) is 4. The molecule has 4 N–H and O–H groups in total. The minimum absolute atomic E-state index is 0.278. The molecule has 2 aromatic rings. The molecule has 1 unspecified atom stereocenters. The summed E-state index contributed by atoms with van der Waals surface area (Å²) in [7, 11) is 0. The lowest BCUT2D eigenvalue weighted by Crippen LogP contribution is -2.33. The minimum Gasteiger partial charge on any atom is -0.362 e. The number of hydrogen-bond acceptors (Lipinski definition) is 2. The lowest BCUT2D eigenvalue weighted by molar-refractivity contribution is 0.501. The summed E-state index contributed by atoms with van der Waals surface area (Å²) in [4.78, 5) is 0. The first-order valence-electron chi connectivity index (χ1n) is 9.03. The molecule has 2 aromatic carbocycles. The zero-order valence-electron chi connectivity index (χ0n) is 15.6. The Kier molecular flexibility index (Phi) is 9.03. The highest BCUT2D eigenvalue weighted by molar-refractivity contribution is 7.80. The first-order valence-corrected chi connectivity index (χ1v) is 9.85. The van der Waals surface area contributed by atoms with Crippen LogP contribution in [0.1, 0.15) is 19.8 Å². The third kappa shape index (κ3) is 8.58. The molecule has 0 radical (unpaired) electrons. The summed E-state index contributed by atoms with van der Waals surface area (Å²) in [5, 5.41) is 13.4. The van der Waals surface area contributed by atoms with Gasteiger partial charge in [-0.15, -0.1) is 0 Å². The Balaban J connectivity index is 1.56. The summed E-state index contributed by atoms with van der Waals surface area (Å²) in [6, 6.07) is 12.1. The van der Waals surface area contributed by atoms with Crippen LogP contribution < -0.4 is 21.3 Å². The zero-order valence-corrected chi connectivity index (χ0v) is 17.2. The van der Waals surface area contributed by atoms with Gasteiger partial charge in [-0.05, 0) is 91.7 Å². The first kappa shape index (κ1) is 22.0. The molecular formula is C20H24F2N4S2. The standard InChI is InChI=1S/C20H24F2N4S2/c1-14(13-24-20(28)26-18-10-6-16(22)7-11-18)3-2-12-23-19(27)25-17-8-4-15(21)5-9-17/h4-11,14H,2-3,12-13H2,1H3,(H2,23,25,27)(H2,24,26,28). The molecule has 1 atom stereocenters. The first-order chi connectivity index (χ1) is 13.4. The third-order valence-electron chi connectivity index (χ3n) is 3.97. The van der Waals surface area contributed by atoms with E-state index in [0.717, 1.165) is 37.3 Å². The topological polar surface area (TPSA) is 48.1 Å². The van der Waals surface area contributed by atoms with Crippen molar-refractivity contribution in [1.29, 1.82) is 0 Å². The van der Waals surface area contributed by atoms with Gasteiger partial charge in [-0.2, -0.15) is 0 Å². The molecule has 0 spiro atoms. The molecule has 28 heavy (non-hydrogen) atoms. The second kappa shape index (κ2) is 11.5. The van der Waals surface area contributed by atoms with Crippen LogP contribution in [-0.4, -0.2) is 23.3 Å². The summed E-state index contributed by atoms with van der Waals surface area (Å²) in [6.07, 6.45) is 1.95. The molecule has 0 aliphatic heterocycles. The van der Waals surface area contributed by atoms with Crippen LogP contribution in [0.2, 0.25) is 0 Å². The van der Waals surface area contributed by atoms with Crippen molar-refractivity contribution >= 4 is 46.0 Å². The van der Waals surface area contributed by atoms with Crippen molar-refractivity contribution in [3.8, 4) is 0 Å². The highest BCUT2D eigenvalue weighted by atomic mass is 32.1. The molecule has 0 bridgehead atoms. The van der Waals surface area contributed by atoms with Gasteiger partial charge >= 0.3 is 0 Å². The quantitative estimate of drug-likeness (QED) is 0.367. The van der Waals surface area contributed by atoms with E-state index in [9.17, 15) is 8.78 Å². The van der Waals surface area contributed by atoms with Gasteiger partial charge in [0, 0.05) is 24.5 Å². The van der Waals surface area contributed by atoms with E-state index < -0.39 is 0 Å². The van der Waals surface area contributed by atoms with Gasteiger partial charge in [0.25, 0.3) is 0 Å². The van der Waals surface area contributed by atoms with E-state index in [1.165, 1.54) is 24.3 Å². The van der Waals surface area contributed by atoms with Crippen molar-refractivity contribution in [2.24, 2.45) is 5.92 Å². The Labute approximate surface area is 175 Å². The van der Waals surface area contributed by atoms with Crippen LogP contribution in [0.15, 0.2) is 48.5 Å². The van der Waals surface area contributed by atoms with Crippen LogP contribution in [0.3, 0.4) is 0 Å². The van der Waals surface area contributed by atoms with E-state index >= 15 is 0 Å². The summed E-state index contributed by atoms with van der Waals surface area (Å²) in [6.45, 7) is 3.63. The molecule has 150 valence electrons. The summed E-state index contributed by atoms with van der Waals surface area (Å²) in [5.74, 6) is -0.133. The normalized spacial score (nSPS) is 11.4. The van der Waals surface area contributed by atoms with Crippen LogP contribution in [0.25, 0.3) is 0 Å². The van der Waals surface area contributed by atoms with Gasteiger partial charge in [-0.1, -0.05) is 6.92 Å². The van der Waals surface area contributed by atoms with Gasteiger partial charge in [0.2, 0.25) is 0 Å². The molecule has 4 nitrogen and oxygen atoms in total. The van der Waals surface area contributed by atoms with E-state index in [2.05, 4.69) is 28.2 Å². The lowest BCUT2D eigenvalue weighted by atomic mass is 10.1. The van der Waals surface area contributed by atoms with Crippen LogP contribution in [0.4, 0.5) is 20.2 Å². The highest BCUT2D eigenvalue weighted by Crippen LogP contribution is 2.09. The van der Waals surface area contributed by atoms with Crippen molar-refractivity contribution in [2.75, 3.05) is 23.7 Å².